The van der Waals surface area contributed by atoms with E-state index in [1.165, 1.54) is 0 Å². The number of anilines is 1. The number of carboxylic acids is 1. The van der Waals surface area contributed by atoms with Crippen LogP contribution < -0.4 is 10.6 Å². The predicted octanol–water partition coefficient (Wildman–Crippen LogP) is 1.07. The van der Waals surface area contributed by atoms with E-state index in [9.17, 15) is 9.59 Å². The fraction of sp³-hybridized carbons (Fsp3) is 0.385. The number of amides is 1. The Bertz CT molecular complexity index is 499. The number of hydrogen-bond acceptors (Lipinski definition) is 3. The molecule has 1 heterocycles. The van der Waals surface area contributed by atoms with Crippen molar-refractivity contribution in [3.05, 3.63) is 29.3 Å². The summed E-state index contributed by atoms with van der Waals surface area (Å²) in [5.41, 5.74) is 8.71. The zero-order chi connectivity index (χ0) is 13.3. The number of fused-ring (bicyclic) bond motifs is 1. The summed E-state index contributed by atoms with van der Waals surface area (Å²) in [6.45, 7) is 0. The van der Waals surface area contributed by atoms with Crippen LogP contribution in [0.4, 0.5) is 5.69 Å². The summed E-state index contributed by atoms with van der Waals surface area (Å²) in [4.78, 5) is 23.7. The van der Waals surface area contributed by atoms with Gasteiger partial charge in [0.25, 0.3) is 0 Å². The predicted molar refractivity (Wildman–Crippen MR) is 67.4 cm³/mol. The Labute approximate surface area is 105 Å². The number of carbonyl (C=O) groups excluding carboxylic acids is 1. The van der Waals surface area contributed by atoms with E-state index in [-0.39, 0.29) is 18.4 Å². The molecule has 1 aliphatic heterocycles. The number of benzene rings is 1. The van der Waals surface area contributed by atoms with Crippen LogP contribution in [0.15, 0.2) is 18.2 Å². The largest absolute Gasteiger partial charge is 0.481 e. The van der Waals surface area contributed by atoms with Gasteiger partial charge in [-0.15, -0.1) is 0 Å². The molecular weight excluding hydrogens is 232 g/mol. The zero-order valence-electron chi connectivity index (χ0n) is 10.2. The monoisotopic (exact) mass is 248 g/mol. The molecule has 3 N–H and O–H groups in total. The number of carboxylic acid groups (broad SMARTS) is 1. The number of aliphatic carboxylic acids is 1. The summed E-state index contributed by atoms with van der Waals surface area (Å²) in [7, 11) is 1.75. The van der Waals surface area contributed by atoms with E-state index < -0.39 is 5.97 Å². The Balaban J connectivity index is 2.15. The summed E-state index contributed by atoms with van der Waals surface area (Å²) < 4.78 is 0. The second-order valence-corrected chi connectivity index (χ2v) is 4.56. The molecule has 5 nitrogen and oxygen atoms in total. The Morgan fingerprint density at radius 1 is 1.56 bits per heavy atom. The topological polar surface area (TPSA) is 83.6 Å². The van der Waals surface area contributed by atoms with Gasteiger partial charge in [0.05, 0.1) is 6.42 Å². The summed E-state index contributed by atoms with van der Waals surface area (Å²) in [5, 5.41) is 8.63. The first-order valence-electron chi connectivity index (χ1n) is 5.86. The van der Waals surface area contributed by atoms with E-state index in [0.717, 1.165) is 16.8 Å². The lowest BCUT2D eigenvalue weighted by Crippen LogP contribution is -2.20. The molecule has 0 radical (unpaired) electrons. The molecule has 1 unspecified atom stereocenters. The van der Waals surface area contributed by atoms with Crippen LogP contribution in [0.3, 0.4) is 0 Å². The van der Waals surface area contributed by atoms with Crippen molar-refractivity contribution in [2.45, 2.75) is 25.3 Å². The second-order valence-electron chi connectivity index (χ2n) is 4.56. The van der Waals surface area contributed by atoms with Crippen molar-refractivity contribution in [1.29, 1.82) is 0 Å². The molecular formula is C13H16N2O3. The average molecular weight is 248 g/mol. The van der Waals surface area contributed by atoms with Crippen LogP contribution in [-0.4, -0.2) is 24.0 Å². The molecule has 0 aromatic heterocycles. The lowest BCUT2D eigenvalue weighted by Gasteiger charge is -2.14. The molecule has 1 aromatic carbocycles. The van der Waals surface area contributed by atoms with Gasteiger partial charge in [-0.25, -0.2) is 0 Å². The first kappa shape index (κ1) is 12.6. The normalized spacial score (nSPS) is 15.7. The number of hydrogen-bond donors (Lipinski definition) is 2. The number of likely N-dealkylation sites (N-methyl/N-ethyl adjacent to an activating group) is 1. The smallest absolute Gasteiger partial charge is 0.303 e. The lowest BCUT2D eigenvalue weighted by atomic mass is 9.99. The van der Waals surface area contributed by atoms with E-state index in [4.69, 9.17) is 10.8 Å². The Kier molecular flexibility index (Phi) is 3.34. The Hall–Kier alpha value is -1.88. The lowest BCUT2D eigenvalue weighted by molar-refractivity contribution is -0.137. The third-order valence-corrected chi connectivity index (χ3v) is 3.28. The van der Waals surface area contributed by atoms with Gasteiger partial charge < -0.3 is 15.7 Å². The molecule has 0 bridgehead atoms. The van der Waals surface area contributed by atoms with Crippen LogP contribution in [-0.2, 0) is 16.0 Å². The number of rotatable bonds is 4. The highest BCUT2D eigenvalue weighted by molar-refractivity contribution is 6.00. The Morgan fingerprint density at radius 3 is 2.94 bits per heavy atom. The fourth-order valence-electron chi connectivity index (χ4n) is 2.17. The first-order chi connectivity index (χ1) is 8.49. The van der Waals surface area contributed by atoms with Crippen molar-refractivity contribution >= 4 is 17.6 Å². The van der Waals surface area contributed by atoms with Gasteiger partial charge in [-0.05, 0) is 23.6 Å². The van der Waals surface area contributed by atoms with Crippen LogP contribution in [0, 0.1) is 0 Å². The van der Waals surface area contributed by atoms with Gasteiger partial charge in [-0.2, -0.15) is 0 Å². The van der Waals surface area contributed by atoms with Crippen LogP contribution in [0.25, 0.3) is 0 Å². The Morgan fingerprint density at radius 2 is 2.28 bits per heavy atom. The second kappa shape index (κ2) is 4.78. The molecule has 1 amide bonds. The van der Waals surface area contributed by atoms with Gasteiger partial charge >= 0.3 is 5.97 Å². The number of nitrogens with two attached hydrogens (primary N) is 1. The molecule has 18 heavy (non-hydrogen) atoms. The molecule has 1 aliphatic rings. The molecule has 0 fully saturated rings. The number of carbonyl (C=O) groups is 2. The van der Waals surface area contributed by atoms with Crippen molar-refractivity contribution in [1.82, 2.24) is 0 Å². The summed E-state index contributed by atoms with van der Waals surface area (Å²) in [6.07, 6.45) is 0.848. The highest BCUT2D eigenvalue weighted by Crippen LogP contribution is 2.30. The first-order valence-corrected chi connectivity index (χ1v) is 5.86. The molecule has 96 valence electrons. The van der Waals surface area contributed by atoms with Crippen molar-refractivity contribution in [3.8, 4) is 0 Å². The van der Waals surface area contributed by atoms with Crippen molar-refractivity contribution in [2.24, 2.45) is 5.73 Å². The van der Waals surface area contributed by atoms with E-state index in [1.54, 1.807) is 11.9 Å². The maximum atomic E-state index is 11.5. The minimum absolute atomic E-state index is 0.0527. The maximum Gasteiger partial charge on any atom is 0.303 e. The maximum absolute atomic E-state index is 11.5. The van der Waals surface area contributed by atoms with Crippen LogP contribution in [0.2, 0.25) is 0 Å². The third kappa shape index (κ3) is 2.36. The minimum atomic E-state index is -0.846. The molecule has 0 saturated carbocycles. The zero-order valence-corrected chi connectivity index (χ0v) is 10.2. The van der Waals surface area contributed by atoms with Crippen molar-refractivity contribution in [3.63, 3.8) is 0 Å². The minimum Gasteiger partial charge on any atom is -0.481 e. The van der Waals surface area contributed by atoms with Crippen LogP contribution in [0.1, 0.15) is 30.0 Å². The molecule has 0 spiro atoms. The van der Waals surface area contributed by atoms with Gasteiger partial charge in [0.2, 0.25) is 5.91 Å². The molecule has 5 heteroatoms. The van der Waals surface area contributed by atoms with E-state index in [0.29, 0.717) is 12.8 Å². The molecule has 0 aliphatic carbocycles. The summed E-state index contributed by atoms with van der Waals surface area (Å²) >= 11 is 0. The third-order valence-electron chi connectivity index (χ3n) is 3.28. The van der Waals surface area contributed by atoms with Gasteiger partial charge in [0.15, 0.2) is 0 Å². The molecule has 0 saturated heterocycles. The standard InChI is InChI=1S/C13H16N2O3/c1-15-11-4-2-8(6-9(11)7-12(15)16)10(14)3-5-13(17)18/h2,4,6,10H,3,5,7,14H2,1H3,(H,17,18). The van der Waals surface area contributed by atoms with Gasteiger partial charge in [0.1, 0.15) is 0 Å². The quantitative estimate of drug-likeness (QED) is 0.834. The highest BCUT2D eigenvalue weighted by Gasteiger charge is 2.24. The van der Waals surface area contributed by atoms with Crippen molar-refractivity contribution in [2.75, 3.05) is 11.9 Å². The van der Waals surface area contributed by atoms with E-state index >= 15 is 0 Å². The van der Waals surface area contributed by atoms with Crippen LogP contribution in [0.5, 0.6) is 0 Å². The van der Waals surface area contributed by atoms with E-state index in [2.05, 4.69) is 0 Å². The summed E-state index contributed by atoms with van der Waals surface area (Å²) in [6, 6.07) is 5.34. The fourth-order valence-corrected chi connectivity index (χ4v) is 2.17. The number of nitrogens with zero attached hydrogens (tertiary/aromatic N) is 1. The molecule has 1 atom stereocenters. The highest BCUT2D eigenvalue weighted by atomic mass is 16.4. The summed E-state index contributed by atoms with van der Waals surface area (Å²) in [5.74, 6) is -0.775. The van der Waals surface area contributed by atoms with Gasteiger partial charge in [-0.3, -0.25) is 9.59 Å². The van der Waals surface area contributed by atoms with Gasteiger partial charge in [-0.1, -0.05) is 12.1 Å². The van der Waals surface area contributed by atoms with Crippen molar-refractivity contribution < 1.29 is 14.7 Å². The SMILES string of the molecule is CN1C(=O)Cc2cc(C(N)CCC(=O)O)ccc21. The molecule has 1 aromatic rings. The average Bonchev–Trinajstić information content (AvgIpc) is 2.61. The van der Waals surface area contributed by atoms with Gasteiger partial charge in [0, 0.05) is 25.2 Å². The van der Waals surface area contributed by atoms with Crippen LogP contribution >= 0.6 is 0 Å². The molecule has 2 rings (SSSR count). The van der Waals surface area contributed by atoms with E-state index in [1.807, 2.05) is 18.2 Å².